The third kappa shape index (κ3) is 5.64. The zero-order valence-electron chi connectivity index (χ0n) is 21.6. The van der Waals surface area contributed by atoms with Gasteiger partial charge in [0.25, 0.3) is 0 Å². The van der Waals surface area contributed by atoms with Crippen molar-refractivity contribution in [3.63, 3.8) is 0 Å². The largest absolute Gasteiger partial charge is 0.490 e. The molecule has 0 N–H and O–H groups in total. The van der Waals surface area contributed by atoms with Gasteiger partial charge in [-0.3, -0.25) is 0 Å². The Labute approximate surface area is 214 Å². The molecule has 3 aromatic rings. The average molecular weight is 491 g/mol. The van der Waals surface area contributed by atoms with Crippen molar-refractivity contribution in [3.05, 3.63) is 66.2 Å². The highest BCUT2D eigenvalue weighted by molar-refractivity contribution is 7.22. The maximum absolute atomic E-state index is 11.7. The number of hydrogen-bond donors (Lipinski definition) is 0. The van der Waals surface area contributed by atoms with Crippen LogP contribution < -0.4 is 4.74 Å². The molecule has 1 aromatic heterocycles. The molecule has 2 unspecified atom stereocenters. The van der Waals surface area contributed by atoms with Crippen molar-refractivity contribution in [1.82, 2.24) is 0 Å². The molecule has 3 nitrogen and oxygen atoms in total. The van der Waals surface area contributed by atoms with Gasteiger partial charge in [-0.15, -0.1) is 11.3 Å². The highest BCUT2D eigenvalue weighted by Crippen LogP contribution is 2.43. The first-order valence-corrected chi connectivity index (χ1v) is 13.8. The van der Waals surface area contributed by atoms with Crippen molar-refractivity contribution in [3.8, 4) is 16.2 Å². The van der Waals surface area contributed by atoms with Gasteiger partial charge in [0.1, 0.15) is 18.0 Å². The number of fused-ring (bicyclic) bond motifs is 1. The molecular weight excluding hydrogens is 452 g/mol. The van der Waals surface area contributed by atoms with E-state index in [1.54, 1.807) is 0 Å². The summed E-state index contributed by atoms with van der Waals surface area (Å²) >= 11 is 1.83. The first kappa shape index (κ1) is 25.5. The van der Waals surface area contributed by atoms with Gasteiger partial charge in [-0.25, -0.2) is 4.79 Å². The van der Waals surface area contributed by atoms with Crippen LogP contribution in [0.2, 0.25) is 0 Å². The van der Waals surface area contributed by atoms with Crippen molar-refractivity contribution < 1.29 is 14.3 Å². The van der Waals surface area contributed by atoms with E-state index in [-0.39, 0.29) is 23.6 Å². The first-order chi connectivity index (χ1) is 16.8. The van der Waals surface area contributed by atoms with E-state index in [1.165, 1.54) is 63.4 Å². The molecule has 0 saturated heterocycles. The zero-order chi connectivity index (χ0) is 25.0. The third-order valence-electron chi connectivity index (χ3n) is 7.43. The zero-order valence-corrected chi connectivity index (χ0v) is 22.4. The summed E-state index contributed by atoms with van der Waals surface area (Å²) in [6.07, 6.45) is 8.75. The quantitative estimate of drug-likeness (QED) is 0.162. The van der Waals surface area contributed by atoms with E-state index >= 15 is 0 Å². The van der Waals surface area contributed by atoms with E-state index in [2.05, 4.69) is 76.7 Å². The van der Waals surface area contributed by atoms with Crippen molar-refractivity contribution in [1.29, 1.82) is 0 Å². The van der Waals surface area contributed by atoms with Crippen LogP contribution in [0.4, 0.5) is 0 Å². The molecule has 0 radical (unpaired) electrons. The second kappa shape index (κ2) is 11.0. The number of carbonyl (C=O) groups excluding carboxylic acids is 1. The monoisotopic (exact) mass is 490 g/mol. The van der Waals surface area contributed by atoms with Crippen molar-refractivity contribution >= 4 is 27.4 Å². The molecule has 1 aliphatic rings. The fraction of sp³-hybridized carbons (Fsp3) is 0.452. The molecule has 186 valence electrons. The number of benzene rings is 2. The van der Waals surface area contributed by atoms with Crippen LogP contribution >= 0.6 is 11.3 Å². The van der Waals surface area contributed by atoms with Crippen molar-refractivity contribution in [2.75, 3.05) is 0 Å². The minimum Gasteiger partial charge on any atom is -0.490 e. The Kier molecular flexibility index (Phi) is 8.01. The summed E-state index contributed by atoms with van der Waals surface area (Å²) in [5.41, 5.74) is 3.96. The Morgan fingerprint density at radius 2 is 1.89 bits per heavy atom. The SMILES string of the molecule is C=CC(=O)OC1CCC(Oc2ccc3cc(-c4ccc(CCCCC)cc4CC)sc3c2)C1(C)C. The average Bonchev–Trinajstić information content (AvgIpc) is 3.39. The number of esters is 1. The first-order valence-electron chi connectivity index (χ1n) is 13.0. The smallest absolute Gasteiger partial charge is 0.330 e. The van der Waals surface area contributed by atoms with Crippen LogP contribution in [0.25, 0.3) is 20.5 Å². The van der Waals surface area contributed by atoms with Crippen LogP contribution in [0.1, 0.15) is 70.9 Å². The molecule has 35 heavy (non-hydrogen) atoms. The normalized spacial score (nSPS) is 19.1. The van der Waals surface area contributed by atoms with Gasteiger partial charge < -0.3 is 9.47 Å². The van der Waals surface area contributed by atoms with Gasteiger partial charge in [0.15, 0.2) is 0 Å². The summed E-state index contributed by atoms with van der Waals surface area (Å²) in [7, 11) is 0. The predicted molar refractivity (Wildman–Crippen MR) is 147 cm³/mol. The fourth-order valence-corrected chi connectivity index (χ4v) is 6.31. The number of carbonyl (C=O) groups is 1. The molecule has 0 bridgehead atoms. The number of rotatable bonds is 10. The Hall–Kier alpha value is -2.59. The fourth-order valence-electron chi connectivity index (χ4n) is 5.16. The van der Waals surface area contributed by atoms with E-state index in [0.717, 1.165) is 25.0 Å². The second-order valence-corrected chi connectivity index (χ2v) is 11.3. The van der Waals surface area contributed by atoms with Gasteiger partial charge in [0, 0.05) is 21.1 Å². The summed E-state index contributed by atoms with van der Waals surface area (Å²) in [4.78, 5) is 13.0. The molecule has 0 spiro atoms. The number of ether oxygens (including phenoxy) is 2. The number of unbranched alkanes of at least 4 members (excludes halogenated alkanes) is 2. The maximum Gasteiger partial charge on any atom is 0.330 e. The lowest BCUT2D eigenvalue weighted by Gasteiger charge is -2.32. The molecule has 1 saturated carbocycles. The Morgan fingerprint density at radius 1 is 1.09 bits per heavy atom. The van der Waals surface area contributed by atoms with Crippen LogP contribution in [0.5, 0.6) is 5.75 Å². The topological polar surface area (TPSA) is 35.5 Å². The lowest BCUT2D eigenvalue weighted by atomic mass is 9.87. The molecule has 4 heteroatoms. The van der Waals surface area contributed by atoms with Gasteiger partial charge in [-0.2, -0.15) is 0 Å². The van der Waals surface area contributed by atoms with Gasteiger partial charge in [-0.1, -0.05) is 65.3 Å². The lowest BCUT2D eigenvalue weighted by molar-refractivity contribution is -0.148. The summed E-state index contributed by atoms with van der Waals surface area (Å²) in [6, 6.07) is 15.7. The van der Waals surface area contributed by atoms with Gasteiger partial charge in [-0.05, 0) is 78.4 Å². The van der Waals surface area contributed by atoms with Crippen molar-refractivity contribution in [2.45, 2.75) is 84.8 Å². The summed E-state index contributed by atoms with van der Waals surface area (Å²) in [5.74, 6) is 0.512. The van der Waals surface area contributed by atoms with E-state index in [1.807, 2.05) is 11.3 Å². The number of thiophene rings is 1. The molecule has 0 aliphatic heterocycles. The van der Waals surface area contributed by atoms with Crippen molar-refractivity contribution in [2.24, 2.45) is 5.41 Å². The minimum atomic E-state index is -0.364. The Balaban J connectivity index is 1.52. The summed E-state index contributed by atoms with van der Waals surface area (Å²) < 4.78 is 13.3. The Bertz CT molecular complexity index is 1190. The number of hydrogen-bond acceptors (Lipinski definition) is 4. The molecule has 1 aliphatic carbocycles. The molecule has 0 amide bonds. The predicted octanol–water partition coefficient (Wildman–Crippen LogP) is 8.53. The standard InChI is InChI=1S/C31H38O3S/c1-6-9-10-11-21-12-15-25(22(7-2)18-21)27-19-23-13-14-24(20-26(23)35-27)33-28-16-17-29(31(28,4)5)34-30(32)8-3/h8,12-15,18-20,28-29H,3,6-7,9-11,16-17H2,1-2,4-5H3. The van der Waals surface area contributed by atoms with E-state index in [4.69, 9.17) is 9.47 Å². The van der Waals surface area contributed by atoms with E-state index in [0.29, 0.717) is 0 Å². The summed E-state index contributed by atoms with van der Waals surface area (Å²) in [6.45, 7) is 12.3. The molecular formula is C31H38O3S. The molecule has 2 aromatic carbocycles. The van der Waals surface area contributed by atoms with Crippen LogP contribution in [0.3, 0.4) is 0 Å². The number of aryl methyl sites for hydroxylation is 2. The van der Waals surface area contributed by atoms with Crippen LogP contribution in [-0.2, 0) is 22.4 Å². The Morgan fingerprint density at radius 3 is 2.63 bits per heavy atom. The lowest BCUT2D eigenvalue weighted by Crippen LogP contribution is -2.38. The molecule has 4 rings (SSSR count). The van der Waals surface area contributed by atoms with Gasteiger partial charge in [0.05, 0.1) is 0 Å². The van der Waals surface area contributed by atoms with Crippen LogP contribution in [0, 0.1) is 5.41 Å². The van der Waals surface area contributed by atoms with E-state index in [9.17, 15) is 4.79 Å². The summed E-state index contributed by atoms with van der Waals surface area (Å²) in [5, 5.41) is 1.25. The minimum absolute atomic E-state index is 0.00561. The highest BCUT2D eigenvalue weighted by atomic mass is 32.1. The second-order valence-electron chi connectivity index (χ2n) is 10.2. The van der Waals surface area contributed by atoms with Gasteiger partial charge >= 0.3 is 5.97 Å². The molecule has 1 fully saturated rings. The third-order valence-corrected chi connectivity index (χ3v) is 8.56. The maximum atomic E-state index is 11.7. The van der Waals surface area contributed by atoms with Crippen LogP contribution in [0.15, 0.2) is 55.1 Å². The molecule has 1 heterocycles. The van der Waals surface area contributed by atoms with Gasteiger partial charge in [0.2, 0.25) is 0 Å². The van der Waals surface area contributed by atoms with Crippen LogP contribution in [-0.4, -0.2) is 18.2 Å². The molecule has 2 atom stereocenters. The highest BCUT2D eigenvalue weighted by Gasteiger charge is 2.47. The van der Waals surface area contributed by atoms with E-state index < -0.39 is 0 Å².